The van der Waals surface area contributed by atoms with Crippen molar-refractivity contribution in [1.29, 1.82) is 0 Å². The van der Waals surface area contributed by atoms with Gasteiger partial charge in [0.05, 0.1) is 32.9 Å². The zero-order valence-electron chi connectivity index (χ0n) is 20.3. The third kappa shape index (κ3) is 5.96. The molecule has 0 aromatic heterocycles. The summed E-state index contributed by atoms with van der Waals surface area (Å²) in [5, 5.41) is 2.64. The second kappa shape index (κ2) is 11.8. The van der Waals surface area contributed by atoms with E-state index in [0.29, 0.717) is 55.0 Å². The highest BCUT2D eigenvalue weighted by molar-refractivity contribution is 7.34. The van der Waals surface area contributed by atoms with Crippen molar-refractivity contribution in [1.82, 2.24) is 10.2 Å². The van der Waals surface area contributed by atoms with Gasteiger partial charge in [-0.05, 0) is 46.7 Å². The number of amides is 1. The van der Waals surface area contributed by atoms with E-state index >= 15 is 0 Å². The van der Waals surface area contributed by atoms with Gasteiger partial charge in [-0.2, -0.15) is 13.2 Å². The average Bonchev–Trinajstić information content (AvgIpc) is 3.20. The van der Waals surface area contributed by atoms with E-state index in [2.05, 4.69) is 10.2 Å². The van der Waals surface area contributed by atoms with E-state index in [1.54, 1.807) is 12.1 Å². The molecule has 36 heavy (non-hydrogen) atoms. The summed E-state index contributed by atoms with van der Waals surface area (Å²) in [7, 11) is -1.38. The average molecular weight is 525 g/mol. The molecule has 2 atom stereocenters. The molecule has 0 saturated carbocycles. The molecule has 0 radical (unpaired) electrons. The molecule has 1 amide bonds. The number of ether oxygens (including phenoxy) is 2. The minimum Gasteiger partial charge on any atom is -0.491 e. The Balaban J connectivity index is 1.72. The number of benzene rings is 2. The van der Waals surface area contributed by atoms with Gasteiger partial charge in [-0.25, -0.2) is 0 Å². The molecular formula is C26H32F3N2O4P. The summed E-state index contributed by atoms with van der Waals surface area (Å²) in [6.07, 6.45) is -2.27. The minimum atomic E-state index is -4.51. The van der Waals surface area contributed by atoms with Crippen LogP contribution in [0.4, 0.5) is 13.2 Å². The number of unbranched alkanes of at least 4 members (excludes halogenated alkanes) is 1. The Hall–Kier alpha value is -2.35. The van der Waals surface area contributed by atoms with Gasteiger partial charge in [-0.15, -0.1) is 0 Å². The lowest BCUT2D eigenvalue weighted by Gasteiger charge is -2.27. The van der Waals surface area contributed by atoms with Crippen molar-refractivity contribution in [2.45, 2.75) is 38.3 Å². The molecule has 0 bridgehead atoms. The summed E-state index contributed by atoms with van der Waals surface area (Å²) in [6, 6.07) is 9.09. The molecule has 0 spiro atoms. The second-order valence-corrected chi connectivity index (χ2v) is 9.92. The maximum absolute atomic E-state index is 13.1. The zero-order valence-corrected chi connectivity index (χ0v) is 21.5. The van der Waals surface area contributed by atoms with E-state index in [1.165, 1.54) is 0 Å². The van der Waals surface area contributed by atoms with Crippen LogP contribution in [0.3, 0.4) is 0 Å². The Bertz CT molecular complexity index is 1100. The lowest BCUT2D eigenvalue weighted by atomic mass is 9.89. The lowest BCUT2D eigenvalue weighted by Crippen LogP contribution is -2.38. The normalized spacial score (nSPS) is 17.8. The molecule has 4 rings (SSSR count). The fraction of sp³-hybridized carbons (Fsp3) is 0.500. The molecule has 1 saturated heterocycles. The molecule has 6 nitrogen and oxygen atoms in total. The minimum absolute atomic E-state index is 0.412. The first-order valence-electron chi connectivity index (χ1n) is 12.4. The van der Waals surface area contributed by atoms with E-state index in [-0.39, 0.29) is 0 Å². The third-order valence-corrected chi connectivity index (χ3v) is 7.59. The summed E-state index contributed by atoms with van der Waals surface area (Å²) in [5.74, 6) is -1.06. The fourth-order valence-corrected chi connectivity index (χ4v) is 5.71. The predicted octanol–water partition coefficient (Wildman–Crippen LogP) is 3.91. The fourth-order valence-electron chi connectivity index (χ4n) is 4.99. The van der Waals surface area contributed by atoms with Gasteiger partial charge in [0.25, 0.3) is 0 Å². The number of hydrogen-bond donors (Lipinski definition) is 1. The van der Waals surface area contributed by atoms with Gasteiger partial charge >= 0.3 is 6.18 Å². The van der Waals surface area contributed by atoms with Gasteiger partial charge in [-0.3, -0.25) is 9.69 Å². The van der Waals surface area contributed by atoms with Crippen LogP contribution >= 0.6 is 8.46 Å². The van der Waals surface area contributed by atoms with Gasteiger partial charge in [-0.1, -0.05) is 37.6 Å². The van der Waals surface area contributed by atoms with Crippen molar-refractivity contribution in [2.75, 3.05) is 46.0 Å². The van der Waals surface area contributed by atoms with Crippen LogP contribution in [0.5, 0.6) is 5.75 Å². The van der Waals surface area contributed by atoms with Gasteiger partial charge in [0, 0.05) is 19.6 Å². The van der Waals surface area contributed by atoms with E-state index in [1.807, 2.05) is 25.1 Å². The monoisotopic (exact) mass is 524 g/mol. The summed E-state index contributed by atoms with van der Waals surface area (Å²) in [4.78, 5) is 15.4. The van der Waals surface area contributed by atoms with E-state index in [0.717, 1.165) is 42.6 Å². The van der Waals surface area contributed by atoms with Crippen molar-refractivity contribution in [2.24, 2.45) is 0 Å². The van der Waals surface area contributed by atoms with Gasteiger partial charge in [0.1, 0.15) is 18.9 Å². The predicted molar refractivity (Wildman–Crippen MR) is 134 cm³/mol. The lowest BCUT2D eigenvalue weighted by molar-refractivity contribution is -0.138. The number of hydrogen-bond acceptors (Lipinski definition) is 5. The van der Waals surface area contributed by atoms with Crippen LogP contribution in [-0.2, 0) is 20.5 Å². The SMILES string of the molecule is CCCCc1c([PH2]=O)c(OCCN2CCOCC2)cc2c1C(C(=O)NCC(F)(F)F)c1ccccc1-2. The van der Waals surface area contributed by atoms with Gasteiger partial charge < -0.3 is 19.4 Å². The number of morpholine rings is 1. The maximum atomic E-state index is 13.1. The summed E-state index contributed by atoms with van der Waals surface area (Å²) in [5.41, 5.74) is 3.64. The van der Waals surface area contributed by atoms with Crippen LogP contribution in [0.2, 0.25) is 0 Å². The largest absolute Gasteiger partial charge is 0.491 e. The highest BCUT2D eigenvalue weighted by Gasteiger charge is 2.39. The van der Waals surface area contributed by atoms with Crippen LogP contribution in [0.1, 0.15) is 42.4 Å². The number of halogens is 3. The summed E-state index contributed by atoms with van der Waals surface area (Å²) in [6.45, 7) is 4.79. The molecule has 1 aliphatic carbocycles. The third-order valence-electron chi connectivity index (χ3n) is 6.72. The van der Waals surface area contributed by atoms with E-state index in [9.17, 15) is 22.5 Å². The first-order valence-corrected chi connectivity index (χ1v) is 13.4. The zero-order chi connectivity index (χ0) is 25.7. The molecular weight excluding hydrogens is 492 g/mol. The number of alkyl halides is 3. The van der Waals surface area contributed by atoms with Crippen molar-refractivity contribution >= 4 is 19.7 Å². The summed E-state index contributed by atoms with van der Waals surface area (Å²) < 4.78 is 62.7. The second-order valence-electron chi connectivity index (χ2n) is 9.11. The van der Waals surface area contributed by atoms with E-state index in [4.69, 9.17) is 9.47 Å². The van der Waals surface area contributed by atoms with Crippen molar-refractivity contribution in [3.8, 4) is 16.9 Å². The molecule has 1 heterocycles. The maximum Gasteiger partial charge on any atom is 0.405 e. The van der Waals surface area contributed by atoms with Crippen molar-refractivity contribution < 1.29 is 32.0 Å². The summed E-state index contributed by atoms with van der Waals surface area (Å²) >= 11 is 0. The number of rotatable bonds is 10. The topological polar surface area (TPSA) is 67.9 Å². The number of nitrogens with one attached hydrogen (secondary N) is 1. The Morgan fingerprint density at radius 2 is 1.97 bits per heavy atom. The molecule has 1 fully saturated rings. The number of nitrogens with zero attached hydrogens (tertiary/aromatic N) is 1. The van der Waals surface area contributed by atoms with Gasteiger partial charge in [0.2, 0.25) is 5.91 Å². The van der Waals surface area contributed by atoms with Crippen LogP contribution in [0.15, 0.2) is 30.3 Å². The highest BCUT2D eigenvalue weighted by Crippen LogP contribution is 2.48. The Morgan fingerprint density at radius 3 is 2.67 bits per heavy atom. The quantitative estimate of drug-likeness (QED) is 0.478. The highest BCUT2D eigenvalue weighted by atomic mass is 31.1. The number of carbonyl (C=O) groups excluding carboxylic acids is 1. The Kier molecular flexibility index (Phi) is 8.75. The first kappa shape index (κ1) is 26.7. The smallest absolute Gasteiger partial charge is 0.405 e. The van der Waals surface area contributed by atoms with Crippen LogP contribution in [0.25, 0.3) is 11.1 Å². The molecule has 2 aliphatic rings. The van der Waals surface area contributed by atoms with Gasteiger partial charge in [0.15, 0.2) is 0 Å². The Labute approximate surface area is 210 Å². The van der Waals surface area contributed by atoms with Crippen LogP contribution < -0.4 is 15.4 Å². The molecule has 2 unspecified atom stereocenters. The molecule has 10 heteroatoms. The van der Waals surface area contributed by atoms with Crippen LogP contribution in [0, 0.1) is 0 Å². The standard InChI is InChI=1S/C26H32F3N2O4P/c1-2-3-6-19-22-20(15-21(24(19)36-33)35-14-11-31-9-12-34-13-10-31)17-7-4-5-8-18(17)23(22)25(32)30-16-26(27,28)29/h4-5,7-8,15,23H,2-3,6,9-14,16,36H2,1H3,(H,30,32). The molecule has 1 N–H and O–H groups in total. The van der Waals surface area contributed by atoms with E-state index < -0.39 is 33.0 Å². The first-order chi connectivity index (χ1) is 17.3. The molecule has 1 aliphatic heterocycles. The Morgan fingerprint density at radius 1 is 1.22 bits per heavy atom. The number of fused-ring (bicyclic) bond motifs is 3. The van der Waals surface area contributed by atoms with Crippen molar-refractivity contribution in [3.63, 3.8) is 0 Å². The number of carbonyl (C=O) groups is 1. The van der Waals surface area contributed by atoms with Crippen LogP contribution in [-0.4, -0.2) is 63.0 Å². The molecule has 196 valence electrons. The molecule has 2 aromatic rings. The van der Waals surface area contributed by atoms with Crippen molar-refractivity contribution in [3.05, 3.63) is 47.0 Å². The molecule has 2 aromatic carbocycles.